The molecule has 0 amide bonds. The molecule has 2 aliphatic heterocycles. The van der Waals surface area contributed by atoms with Crippen molar-refractivity contribution < 1.29 is 9.84 Å². The van der Waals surface area contributed by atoms with Crippen LogP contribution in [0.4, 0.5) is 0 Å². The average molecular weight is 326 g/mol. The molecule has 2 atom stereocenters. The maximum atomic E-state index is 12.1. The van der Waals surface area contributed by atoms with Crippen LogP contribution in [0.15, 0.2) is 41.2 Å². The van der Waals surface area contributed by atoms with Gasteiger partial charge in [0.2, 0.25) is 0 Å². The Labute approximate surface area is 141 Å². The molecular formula is C19H22N2O3. The third kappa shape index (κ3) is 2.69. The van der Waals surface area contributed by atoms with Crippen LogP contribution >= 0.6 is 0 Å². The molecule has 1 aromatic carbocycles. The summed E-state index contributed by atoms with van der Waals surface area (Å²) in [5, 5.41) is 9.74. The quantitative estimate of drug-likeness (QED) is 0.939. The molecule has 0 saturated carbocycles. The monoisotopic (exact) mass is 326 g/mol. The number of nitrogens with zero attached hydrogens (tertiary/aromatic N) is 2. The number of hydrogen-bond acceptors (Lipinski definition) is 4. The molecule has 1 aromatic heterocycles. The standard InChI is InChI=1S/C19H22N2O3/c1-24-18-8-13(5-6-17(18)22)9-20-10-14-7-15(12-20)16-3-2-4-19(23)21(16)11-14/h2-6,8,14-15,22H,7,9-12H2,1H3/t14-,15+/m0/s1. The van der Waals surface area contributed by atoms with Crippen molar-refractivity contribution in [2.75, 3.05) is 20.2 Å². The fraction of sp³-hybridized carbons (Fsp3) is 0.421. The van der Waals surface area contributed by atoms with Gasteiger partial charge in [-0.1, -0.05) is 12.1 Å². The van der Waals surface area contributed by atoms with E-state index in [0.717, 1.165) is 31.7 Å². The third-order valence-corrected chi connectivity index (χ3v) is 5.21. The minimum absolute atomic E-state index is 0.124. The van der Waals surface area contributed by atoms with E-state index in [1.165, 1.54) is 12.1 Å². The lowest BCUT2D eigenvalue weighted by atomic mass is 9.83. The number of piperidine rings is 1. The summed E-state index contributed by atoms with van der Waals surface area (Å²) in [6.07, 6.45) is 1.17. The number of ether oxygens (including phenoxy) is 1. The third-order valence-electron chi connectivity index (χ3n) is 5.21. The van der Waals surface area contributed by atoms with Crippen molar-refractivity contribution in [1.29, 1.82) is 0 Å². The average Bonchev–Trinajstić information content (AvgIpc) is 2.57. The van der Waals surface area contributed by atoms with Crippen molar-refractivity contribution in [1.82, 2.24) is 9.47 Å². The van der Waals surface area contributed by atoms with E-state index in [2.05, 4.69) is 11.0 Å². The van der Waals surface area contributed by atoms with Crippen molar-refractivity contribution >= 4 is 0 Å². The molecule has 0 unspecified atom stereocenters. The number of aromatic nitrogens is 1. The van der Waals surface area contributed by atoms with E-state index in [1.54, 1.807) is 19.2 Å². The first-order valence-corrected chi connectivity index (χ1v) is 8.42. The van der Waals surface area contributed by atoms with Crippen LogP contribution in [0.1, 0.15) is 23.6 Å². The molecule has 4 rings (SSSR count). The first-order valence-electron chi connectivity index (χ1n) is 8.42. The van der Waals surface area contributed by atoms with Crippen LogP contribution < -0.4 is 10.3 Å². The zero-order chi connectivity index (χ0) is 16.7. The van der Waals surface area contributed by atoms with Crippen molar-refractivity contribution in [2.45, 2.75) is 25.4 Å². The Morgan fingerprint density at radius 1 is 1.21 bits per heavy atom. The van der Waals surface area contributed by atoms with E-state index in [4.69, 9.17) is 4.74 Å². The molecule has 5 heteroatoms. The van der Waals surface area contributed by atoms with Gasteiger partial charge in [0.15, 0.2) is 11.5 Å². The molecule has 3 heterocycles. The SMILES string of the molecule is COc1cc(CN2C[C@@H]3C[C@H](C2)c2cccc(=O)n2C3)ccc1O. The minimum atomic E-state index is 0.124. The highest BCUT2D eigenvalue weighted by atomic mass is 16.5. The van der Waals surface area contributed by atoms with Gasteiger partial charge in [0.05, 0.1) is 7.11 Å². The summed E-state index contributed by atoms with van der Waals surface area (Å²) in [6.45, 7) is 3.62. The summed E-state index contributed by atoms with van der Waals surface area (Å²) < 4.78 is 7.16. The summed E-state index contributed by atoms with van der Waals surface area (Å²) in [4.78, 5) is 14.5. The number of aromatic hydroxyl groups is 1. The van der Waals surface area contributed by atoms with E-state index < -0.39 is 0 Å². The van der Waals surface area contributed by atoms with E-state index in [-0.39, 0.29) is 11.3 Å². The van der Waals surface area contributed by atoms with Crippen LogP contribution in [0.3, 0.4) is 0 Å². The largest absolute Gasteiger partial charge is 0.504 e. The van der Waals surface area contributed by atoms with Crippen LogP contribution in [0.25, 0.3) is 0 Å². The summed E-state index contributed by atoms with van der Waals surface area (Å²) in [6, 6.07) is 11.2. The second-order valence-corrected chi connectivity index (χ2v) is 6.90. The minimum Gasteiger partial charge on any atom is -0.504 e. The molecular weight excluding hydrogens is 304 g/mol. The molecule has 0 radical (unpaired) electrons. The van der Waals surface area contributed by atoms with Crippen LogP contribution in [0.5, 0.6) is 11.5 Å². The normalized spacial score (nSPS) is 22.9. The fourth-order valence-electron chi connectivity index (χ4n) is 4.20. The molecule has 2 aliphatic rings. The maximum Gasteiger partial charge on any atom is 0.250 e. The first-order chi connectivity index (χ1) is 11.6. The summed E-state index contributed by atoms with van der Waals surface area (Å²) in [5.74, 6) is 1.63. The zero-order valence-electron chi connectivity index (χ0n) is 13.8. The van der Waals surface area contributed by atoms with E-state index >= 15 is 0 Å². The summed E-state index contributed by atoms with van der Waals surface area (Å²) in [7, 11) is 1.57. The van der Waals surface area contributed by atoms with E-state index in [0.29, 0.717) is 17.6 Å². The van der Waals surface area contributed by atoms with Crippen molar-refractivity contribution in [3.8, 4) is 11.5 Å². The second-order valence-electron chi connectivity index (χ2n) is 6.90. The van der Waals surface area contributed by atoms with Gasteiger partial charge >= 0.3 is 0 Å². The lowest BCUT2D eigenvalue weighted by Gasteiger charge is -2.42. The van der Waals surface area contributed by atoms with Gasteiger partial charge in [-0.25, -0.2) is 0 Å². The number of benzene rings is 1. The lowest BCUT2D eigenvalue weighted by molar-refractivity contribution is 0.114. The molecule has 5 nitrogen and oxygen atoms in total. The summed E-state index contributed by atoms with van der Waals surface area (Å²) >= 11 is 0. The smallest absolute Gasteiger partial charge is 0.250 e. The zero-order valence-corrected chi connectivity index (χ0v) is 13.8. The molecule has 1 N–H and O–H groups in total. The molecule has 2 bridgehead atoms. The Bertz CT molecular complexity index is 814. The predicted molar refractivity (Wildman–Crippen MR) is 91.5 cm³/mol. The molecule has 24 heavy (non-hydrogen) atoms. The Kier molecular flexibility index (Phi) is 3.81. The van der Waals surface area contributed by atoms with E-state index in [1.807, 2.05) is 22.8 Å². The number of likely N-dealkylation sites (tertiary alicyclic amines) is 1. The number of fused-ring (bicyclic) bond motifs is 4. The van der Waals surface area contributed by atoms with Gasteiger partial charge in [0, 0.05) is 43.9 Å². The van der Waals surface area contributed by atoms with Gasteiger partial charge in [-0.15, -0.1) is 0 Å². The summed E-state index contributed by atoms with van der Waals surface area (Å²) in [5.41, 5.74) is 2.43. The van der Waals surface area contributed by atoms with Crippen LogP contribution in [0.2, 0.25) is 0 Å². The molecule has 0 aliphatic carbocycles. The van der Waals surface area contributed by atoms with Gasteiger partial charge in [-0.05, 0) is 36.1 Å². The Balaban J connectivity index is 1.55. The highest BCUT2D eigenvalue weighted by Crippen LogP contribution is 2.36. The van der Waals surface area contributed by atoms with Crippen LogP contribution in [0, 0.1) is 5.92 Å². The number of pyridine rings is 1. The second kappa shape index (κ2) is 5.98. The van der Waals surface area contributed by atoms with Crippen molar-refractivity contribution in [3.05, 3.63) is 58.0 Å². The van der Waals surface area contributed by atoms with Gasteiger partial charge in [-0.3, -0.25) is 9.69 Å². The Morgan fingerprint density at radius 3 is 2.92 bits per heavy atom. The molecule has 1 fully saturated rings. The Morgan fingerprint density at radius 2 is 2.08 bits per heavy atom. The van der Waals surface area contributed by atoms with Gasteiger partial charge in [0.25, 0.3) is 5.56 Å². The maximum absolute atomic E-state index is 12.1. The fourth-order valence-corrected chi connectivity index (χ4v) is 4.20. The highest BCUT2D eigenvalue weighted by molar-refractivity contribution is 5.41. The van der Waals surface area contributed by atoms with E-state index in [9.17, 15) is 9.90 Å². The van der Waals surface area contributed by atoms with Crippen LogP contribution in [-0.2, 0) is 13.1 Å². The van der Waals surface area contributed by atoms with Gasteiger partial charge in [-0.2, -0.15) is 0 Å². The topological polar surface area (TPSA) is 54.7 Å². The van der Waals surface area contributed by atoms with Crippen molar-refractivity contribution in [3.63, 3.8) is 0 Å². The lowest BCUT2D eigenvalue weighted by Crippen LogP contribution is -2.46. The number of hydrogen-bond donors (Lipinski definition) is 1. The number of rotatable bonds is 3. The molecule has 1 saturated heterocycles. The van der Waals surface area contributed by atoms with Crippen molar-refractivity contribution in [2.24, 2.45) is 5.92 Å². The first kappa shape index (κ1) is 15.3. The van der Waals surface area contributed by atoms with Gasteiger partial charge in [0.1, 0.15) is 0 Å². The predicted octanol–water partition coefficient (Wildman–Crippen LogP) is 2.18. The van der Waals surface area contributed by atoms with Gasteiger partial charge < -0.3 is 14.4 Å². The Hall–Kier alpha value is -2.27. The number of methoxy groups -OCH3 is 1. The molecule has 2 aromatic rings. The number of phenols is 1. The van der Waals surface area contributed by atoms with Crippen LogP contribution in [-0.4, -0.2) is 34.8 Å². The highest BCUT2D eigenvalue weighted by Gasteiger charge is 2.34. The molecule has 0 spiro atoms. The number of phenolic OH excluding ortho intramolecular Hbond substituents is 1. The molecule has 126 valence electrons.